The van der Waals surface area contributed by atoms with E-state index in [0.717, 1.165) is 11.1 Å². The van der Waals surface area contributed by atoms with Gasteiger partial charge in [-0.2, -0.15) is 0 Å². The van der Waals surface area contributed by atoms with Crippen LogP contribution in [0.2, 0.25) is 5.02 Å². The summed E-state index contributed by atoms with van der Waals surface area (Å²) in [6, 6.07) is 13.2. The van der Waals surface area contributed by atoms with E-state index in [9.17, 15) is 8.42 Å². The summed E-state index contributed by atoms with van der Waals surface area (Å²) >= 11 is 5.83. The van der Waals surface area contributed by atoms with E-state index in [1.165, 1.54) is 12.1 Å². The second kappa shape index (κ2) is 5.95. The molecule has 3 nitrogen and oxygen atoms in total. The molecule has 0 saturated carbocycles. The molecule has 0 aromatic heterocycles. The molecule has 5 heteroatoms. The minimum Gasteiger partial charge on any atom is -0.323 e. The molecular weight excluding hydrogens is 294 g/mol. The number of sulfone groups is 1. The summed E-state index contributed by atoms with van der Waals surface area (Å²) in [6.07, 6.45) is 0. The monoisotopic (exact) mass is 309 g/mol. The topological polar surface area (TPSA) is 60.2 Å². The largest absolute Gasteiger partial charge is 0.323 e. The van der Waals surface area contributed by atoms with Crippen LogP contribution in [0.25, 0.3) is 0 Å². The Morgan fingerprint density at radius 3 is 2.40 bits per heavy atom. The summed E-state index contributed by atoms with van der Waals surface area (Å²) in [6.45, 7) is 1.97. The molecule has 0 spiro atoms. The van der Waals surface area contributed by atoms with Crippen molar-refractivity contribution in [1.82, 2.24) is 0 Å². The highest BCUT2D eigenvalue weighted by atomic mass is 35.5. The van der Waals surface area contributed by atoms with Crippen molar-refractivity contribution in [3.63, 3.8) is 0 Å². The van der Waals surface area contributed by atoms with Gasteiger partial charge in [0.1, 0.15) is 0 Å². The van der Waals surface area contributed by atoms with Crippen molar-refractivity contribution in [3.8, 4) is 0 Å². The van der Waals surface area contributed by atoms with Gasteiger partial charge in [-0.15, -0.1) is 0 Å². The highest BCUT2D eigenvalue weighted by Gasteiger charge is 2.20. The van der Waals surface area contributed by atoms with E-state index in [-0.39, 0.29) is 10.6 Å². The quantitative estimate of drug-likeness (QED) is 0.944. The number of hydrogen-bond donors (Lipinski definition) is 1. The normalized spacial score (nSPS) is 13.2. The molecule has 2 N–H and O–H groups in total. The zero-order valence-electron chi connectivity index (χ0n) is 11.1. The second-order valence-electron chi connectivity index (χ2n) is 4.76. The van der Waals surface area contributed by atoms with Gasteiger partial charge in [0, 0.05) is 11.1 Å². The Hall–Kier alpha value is -1.36. The van der Waals surface area contributed by atoms with Crippen molar-refractivity contribution in [2.75, 3.05) is 5.75 Å². The van der Waals surface area contributed by atoms with E-state index in [1.807, 2.05) is 31.2 Å². The first-order valence-corrected chi connectivity index (χ1v) is 8.22. The lowest BCUT2D eigenvalue weighted by Gasteiger charge is -2.13. The Labute approximate surface area is 124 Å². The van der Waals surface area contributed by atoms with Gasteiger partial charge in [-0.05, 0) is 30.7 Å². The van der Waals surface area contributed by atoms with E-state index in [4.69, 9.17) is 17.3 Å². The van der Waals surface area contributed by atoms with Crippen molar-refractivity contribution >= 4 is 21.4 Å². The van der Waals surface area contributed by atoms with Crippen LogP contribution in [-0.4, -0.2) is 14.2 Å². The fraction of sp³-hybridized carbons (Fsp3) is 0.200. The molecule has 1 unspecified atom stereocenters. The Morgan fingerprint density at radius 1 is 1.15 bits per heavy atom. The van der Waals surface area contributed by atoms with Crippen LogP contribution >= 0.6 is 11.6 Å². The second-order valence-corrected chi connectivity index (χ2v) is 7.23. The van der Waals surface area contributed by atoms with E-state index in [2.05, 4.69) is 0 Å². The Bertz CT molecular complexity index is 696. The number of halogens is 1. The summed E-state index contributed by atoms with van der Waals surface area (Å²) in [5.74, 6) is -0.142. The summed E-state index contributed by atoms with van der Waals surface area (Å²) < 4.78 is 24.6. The molecule has 1 atom stereocenters. The SMILES string of the molecule is Cc1ccc(C(N)CS(=O)(=O)c2cccc(Cl)c2)cc1. The number of hydrogen-bond acceptors (Lipinski definition) is 3. The maximum absolute atomic E-state index is 12.3. The lowest BCUT2D eigenvalue weighted by Crippen LogP contribution is -2.21. The summed E-state index contributed by atoms with van der Waals surface area (Å²) in [7, 11) is -3.45. The van der Waals surface area contributed by atoms with Crippen molar-refractivity contribution in [2.45, 2.75) is 17.9 Å². The molecule has 2 rings (SSSR count). The van der Waals surface area contributed by atoms with Gasteiger partial charge in [-0.25, -0.2) is 8.42 Å². The van der Waals surface area contributed by atoms with Gasteiger partial charge in [0.2, 0.25) is 0 Å². The van der Waals surface area contributed by atoms with Crippen LogP contribution in [0.1, 0.15) is 17.2 Å². The Kier molecular flexibility index (Phi) is 4.48. The van der Waals surface area contributed by atoms with E-state index in [1.54, 1.807) is 12.1 Å². The van der Waals surface area contributed by atoms with E-state index < -0.39 is 15.9 Å². The minimum absolute atomic E-state index is 0.142. The van der Waals surface area contributed by atoms with Gasteiger partial charge in [0.15, 0.2) is 9.84 Å². The third-order valence-corrected chi connectivity index (χ3v) is 5.06. The summed E-state index contributed by atoms with van der Waals surface area (Å²) in [5.41, 5.74) is 7.91. The van der Waals surface area contributed by atoms with E-state index >= 15 is 0 Å². The maximum atomic E-state index is 12.3. The average molecular weight is 310 g/mol. The first-order valence-electron chi connectivity index (χ1n) is 6.19. The molecule has 20 heavy (non-hydrogen) atoms. The zero-order valence-corrected chi connectivity index (χ0v) is 12.7. The van der Waals surface area contributed by atoms with Crippen LogP contribution in [0.4, 0.5) is 0 Å². The van der Waals surface area contributed by atoms with Crippen LogP contribution in [0.15, 0.2) is 53.4 Å². The predicted octanol–water partition coefficient (Wildman–Crippen LogP) is 3.12. The number of benzene rings is 2. The lowest BCUT2D eigenvalue weighted by molar-refractivity contribution is 0.589. The van der Waals surface area contributed by atoms with Crippen LogP contribution in [0.5, 0.6) is 0 Å². The molecule has 0 amide bonds. The molecule has 2 aromatic rings. The standard InChI is InChI=1S/C15H16ClNO2S/c1-11-5-7-12(8-6-11)15(17)10-20(18,19)14-4-2-3-13(16)9-14/h2-9,15H,10,17H2,1H3. The highest BCUT2D eigenvalue weighted by molar-refractivity contribution is 7.91. The molecule has 0 bridgehead atoms. The number of nitrogens with two attached hydrogens (primary N) is 1. The van der Waals surface area contributed by atoms with Gasteiger partial charge in [-0.1, -0.05) is 47.5 Å². The Morgan fingerprint density at radius 2 is 1.80 bits per heavy atom. The van der Waals surface area contributed by atoms with Crippen molar-refractivity contribution < 1.29 is 8.42 Å². The molecule has 0 aliphatic rings. The zero-order chi connectivity index (χ0) is 14.8. The first kappa shape index (κ1) is 15.0. The fourth-order valence-corrected chi connectivity index (χ4v) is 3.61. The molecule has 0 aliphatic heterocycles. The molecule has 2 aromatic carbocycles. The molecule has 0 aliphatic carbocycles. The Balaban J connectivity index is 2.22. The maximum Gasteiger partial charge on any atom is 0.180 e. The van der Waals surface area contributed by atoms with Gasteiger partial charge in [0.05, 0.1) is 10.6 Å². The third-order valence-electron chi connectivity index (χ3n) is 3.06. The lowest BCUT2D eigenvalue weighted by atomic mass is 10.1. The summed E-state index contributed by atoms with van der Waals surface area (Å²) in [4.78, 5) is 0.201. The van der Waals surface area contributed by atoms with Crippen LogP contribution in [0, 0.1) is 6.92 Å². The van der Waals surface area contributed by atoms with Crippen LogP contribution in [0.3, 0.4) is 0 Å². The van der Waals surface area contributed by atoms with Crippen LogP contribution in [-0.2, 0) is 9.84 Å². The molecule has 106 valence electrons. The predicted molar refractivity (Wildman–Crippen MR) is 81.6 cm³/mol. The average Bonchev–Trinajstić information content (AvgIpc) is 2.39. The van der Waals surface area contributed by atoms with Crippen LogP contribution < -0.4 is 5.73 Å². The van der Waals surface area contributed by atoms with Crippen molar-refractivity contribution in [3.05, 3.63) is 64.7 Å². The number of rotatable bonds is 4. The van der Waals surface area contributed by atoms with Crippen molar-refractivity contribution in [2.24, 2.45) is 5.73 Å². The highest BCUT2D eigenvalue weighted by Crippen LogP contribution is 2.21. The molecule has 0 saturated heterocycles. The van der Waals surface area contributed by atoms with Gasteiger partial charge in [0.25, 0.3) is 0 Å². The smallest absolute Gasteiger partial charge is 0.180 e. The first-order chi connectivity index (χ1) is 9.38. The van der Waals surface area contributed by atoms with Gasteiger partial charge < -0.3 is 5.73 Å². The minimum atomic E-state index is -3.45. The van der Waals surface area contributed by atoms with E-state index in [0.29, 0.717) is 5.02 Å². The van der Waals surface area contributed by atoms with Crippen molar-refractivity contribution in [1.29, 1.82) is 0 Å². The van der Waals surface area contributed by atoms with Gasteiger partial charge in [-0.3, -0.25) is 0 Å². The third kappa shape index (κ3) is 3.60. The molecule has 0 fully saturated rings. The molecule has 0 heterocycles. The molecular formula is C15H16ClNO2S. The molecule has 0 radical (unpaired) electrons. The number of aryl methyl sites for hydroxylation is 1. The fourth-order valence-electron chi connectivity index (χ4n) is 1.90. The summed E-state index contributed by atoms with van der Waals surface area (Å²) in [5, 5.41) is 0.398. The van der Waals surface area contributed by atoms with Gasteiger partial charge >= 0.3 is 0 Å².